The molecular weight excluding hydrogens is 264 g/mol. The maximum absolute atomic E-state index is 12.0. The molecule has 1 rings (SSSR count). The minimum atomic E-state index is -3.33. The highest BCUT2D eigenvalue weighted by Gasteiger charge is 2.23. The van der Waals surface area contributed by atoms with Gasteiger partial charge < -0.3 is 10.2 Å². The number of likely N-dealkylation sites (tertiary alicyclic amines) is 1. The molecule has 1 fully saturated rings. The van der Waals surface area contributed by atoms with Gasteiger partial charge in [-0.1, -0.05) is 6.42 Å². The Bertz CT molecular complexity index is 348. The molecule has 0 amide bonds. The summed E-state index contributed by atoms with van der Waals surface area (Å²) in [6.07, 6.45) is 4.29. The van der Waals surface area contributed by atoms with Crippen molar-refractivity contribution < 1.29 is 8.42 Å². The zero-order valence-electron chi connectivity index (χ0n) is 12.4. The summed E-state index contributed by atoms with van der Waals surface area (Å²) in [5.74, 6) is 0. The highest BCUT2D eigenvalue weighted by molar-refractivity contribution is 7.87. The van der Waals surface area contributed by atoms with Gasteiger partial charge in [-0.25, -0.2) is 4.72 Å². The van der Waals surface area contributed by atoms with E-state index in [1.54, 1.807) is 7.05 Å². The summed E-state index contributed by atoms with van der Waals surface area (Å²) in [4.78, 5) is 2.24. The van der Waals surface area contributed by atoms with E-state index in [1.807, 2.05) is 7.05 Å². The summed E-state index contributed by atoms with van der Waals surface area (Å²) in [6, 6.07) is 0.328. The van der Waals surface area contributed by atoms with E-state index in [0.29, 0.717) is 19.1 Å². The summed E-state index contributed by atoms with van der Waals surface area (Å²) in [5.41, 5.74) is 0. The van der Waals surface area contributed by atoms with Crippen molar-refractivity contribution in [1.29, 1.82) is 0 Å². The molecule has 0 radical (unpaired) electrons. The van der Waals surface area contributed by atoms with Crippen LogP contribution in [0.1, 0.15) is 25.7 Å². The van der Waals surface area contributed by atoms with Crippen LogP contribution in [0.5, 0.6) is 0 Å². The topological polar surface area (TPSA) is 64.7 Å². The highest BCUT2D eigenvalue weighted by atomic mass is 32.2. The van der Waals surface area contributed by atoms with E-state index < -0.39 is 10.2 Å². The fraction of sp³-hybridized carbons (Fsp3) is 1.00. The fourth-order valence-corrected chi connectivity index (χ4v) is 3.31. The maximum atomic E-state index is 12.0. The molecule has 1 atom stereocenters. The molecule has 0 aromatic carbocycles. The molecule has 19 heavy (non-hydrogen) atoms. The summed E-state index contributed by atoms with van der Waals surface area (Å²) in [5, 5.41) is 3.02. The largest absolute Gasteiger partial charge is 0.320 e. The number of rotatable bonds is 8. The van der Waals surface area contributed by atoms with Crippen LogP contribution in [-0.4, -0.2) is 71.0 Å². The molecule has 1 aliphatic heterocycles. The average molecular weight is 292 g/mol. The van der Waals surface area contributed by atoms with Crippen LogP contribution >= 0.6 is 0 Å². The van der Waals surface area contributed by atoms with E-state index in [9.17, 15) is 8.42 Å². The van der Waals surface area contributed by atoms with Gasteiger partial charge in [0.15, 0.2) is 0 Å². The number of piperidine rings is 1. The van der Waals surface area contributed by atoms with Crippen molar-refractivity contribution in [2.45, 2.75) is 31.7 Å². The molecule has 2 N–H and O–H groups in total. The monoisotopic (exact) mass is 292 g/mol. The van der Waals surface area contributed by atoms with Crippen molar-refractivity contribution in [3.63, 3.8) is 0 Å². The molecule has 6 nitrogen and oxygen atoms in total. The molecule has 0 aromatic rings. The lowest BCUT2D eigenvalue weighted by atomic mass is 10.0. The Balaban J connectivity index is 2.36. The molecule has 1 unspecified atom stereocenters. The molecule has 1 saturated heterocycles. The predicted molar refractivity (Wildman–Crippen MR) is 78.4 cm³/mol. The number of nitrogens with one attached hydrogen (secondary N) is 2. The van der Waals surface area contributed by atoms with Crippen LogP contribution in [0, 0.1) is 0 Å². The Kier molecular flexibility index (Phi) is 7.23. The molecule has 114 valence electrons. The molecule has 0 aliphatic carbocycles. The lowest BCUT2D eigenvalue weighted by Crippen LogP contribution is -2.47. The SMILES string of the molecule is CNCCCN(C)S(=O)(=O)NCC1CCCCN1C. The Labute approximate surface area is 117 Å². The van der Waals surface area contributed by atoms with E-state index in [1.165, 1.54) is 17.1 Å². The number of hydrogen-bond donors (Lipinski definition) is 2. The number of nitrogens with zero attached hydrogens (tertiary/aromatic N) is 2. The summed E-state index contributed by atoms with van der Waals surface area (Å²) >= 11 is 0. The average Bonchev–Trinajstić information content (AvgIpc) is 2.38. The smallest absolute Gasteiger partial charge is 0.279 e. The minimum Gasteiger partial charge on any atom is -0.320 e. The quantitative estimate of drug-likeness (QED) is 0.611. The van der Waals surface area contributed by atoms with Gasteiger partial charge in [-0.05, 0) is 46.4 Å². The standard InChI is InChI=1S/C12H28N4O2S/c1-13-8-6-10-16(3)19(17,18)14-11-12-7-4-5-9-15(12)2/h12-14H,4-11H2,1-3H3. The summed E-state index contributed by atoms with van der Waals surface area (Å²) in [6.45, 7) is 2.93. The van der Waals surface area contributed by atoms with Gasteiger partial charge in [0.25, 0.3) is 10.2 Å². The number of hydrogen-bond acceptors (Lipinski definition) is 4. The minimum absolute atomic E-state index is 0.328. The van der Waals surface area contributed by atoms with Crippen LogP contribution in [-0.2, 0) is 10.2 Å². The summed E-state index contributed by atoms with van der Waals surface area (Å²) < 4.78 is 28.2. The third-order valence-electron chi connectivity index (χ3n) is 3.73. The van der Waals surface area contributed by atoms with Crippen molar-refractivity contribution in [3.8, 4) is 0 Å². The van der Waals surface area contributed by atoms with Crippen molar-refractivity contribution >= 4 is 10.2 Å². The Morgan fingerprint density at radius 1 is 1.37 bits per heavy atom. The van der Waals surface area contributed by atoms with E-state index in [0.717, 1.165) is 25.9 Å². The summed E-state index contributed by atoms with van der Waals surface area (Å²) in [7, 11) is 2.22. The molecule has 0 aromatic heterocycles. The Morgan fingerprint density at radius 2 is 2.11 bits per heavy atom. The molecule has 7 heteroatoms. The second-order valence-electron chi connectivity index (χ2n) is 5.26. The predicted octanol–water partition coefficient (Wildman–Crippen LogP) is -0.154. The second kappa shape index (κ2) is 8.16. The van der Waals surface area contributed by atoms with Gasteiger partial charge in [0.2, 0.25) is 0 Å². The fourth-order valence-electron chi connectivity index (χ4n) is 2.31. The third kappa shape index (κ3) is 5.74. The van der Waals surface area contributed by atoms with Gasteiger partial charge in [0.05, 0.1) is 0 Å². The van der Waals surface area contributed by atoms with Crippen LogP contribution in [0.2, 0.25) is 0 Å². The normalized spacial score (nSPS) is 22.0. The van der Waals surface area contributed by atoms with Gasteiger partial charge in [0.1, 0.15) is 0 Å². The zero-order valence-corrected chi connectivity index (χ0v) is 13.2. The van der Waals surface area contributed by atoms with E-state index >= 15 is 0 Å². The van der Waals surface area contributed by atoms with Gasteiger partial charge in [-0.2, -0.15) is 12.7 Å². The maximum Gasteiger partial charge on any atom is 0.279 e. The van der Waals surface area contributed by atoms with Crippen molar-refractivity contribution in [2.75, 3.05) is 47.3 Å². The molecule has 0 spiro atoms. The van der Waals surface area contributed by atoms with E-state index in [-0.39, 0.29) is 0 Å². The van der Waals surface area contributed by atoms with Crippen LogP contribution in [0.4, 0.5) is 0 Å². The number of likely N-dealkylation sites (N-methyl/N-ethyl adjacent to an activating group) is 1. The van der Waals surface area contributed by atoms with Crippen LogP contribution in [0.3, 0.4) is 0 Å². The van der Waals surface area contributed by atoms with Gasteiger partial charge in [-0.15, -0.1) is 0 Å². The molecular formula is C12H28N4O2S. The molecule has 0 saturated carbocycles. The van der Waals surface area contributed by atoms with Crippen molar-refractivity contribution in [3.05, 3.63) is 0 Å². The first kappa shape index (κ1) is 16.8. The highest BCUT2D eigenvalue weighted by Crippen LogP contribution is 2.14. The Hall–Kier alpha value is -0.210. The molecule has 1 aliphatic rings. The van der Waals surface area contributed by atoms with Crippen molar-refractivity contribution in [1.82, 2.24) is 19.2 Å². The lowest BCUT2D eigenvalue weighted by Gasteiger charge is -2.32. The first-order chi connectivity index (χ1) is 8.97. The van der Waals surface area contributed by atoms with Crippen molar-refractivity contribution in [2.24, 2.45) is 0 Å². The first-order valence-electron chi connectivity index (χ1n) is 7.03. The van der Waals surface area contributed by atoms with Crippen LogP contribution < -0.4 is 10.0 Å². The second-order valence-corrected chi connectivity index (χ2v) is 7.12. The zero-order chi connectivity index (χ0) is 14.3. The van der Waals surface area contributed by atoms with Crippen LogP contribution in [0.25, 0.3) is 0 Å². The van der Waals surface area contributed by atoms with Crippen LogP contribution in [0.15, 0.2) is 0 Å². The molecule has 0 bridgehead atoms. The van der Waals surface area contributed by atoms with Gasteiger partial charge in [-0.3, -0.25) is 0 Å². The van der Waals surface area contributed by atoms with E-state index in [4.69, 9.17) is 0 Å². The molecule has 1 heterocycles. The first-order valence-corrected chi connectivity index (χ1v) is 8.47. The lowest BCUT2D eigenvalue weighted by molar-refractivity contribution is 0.187. The Morgan fingerprint density at radius 3 is 2.74 bits per heavy atom. The third-order valence-corrected chi connectivity index (χ3v) is 5.27. The van der Waals surface area contributed by atoms with Gasteiger partial charge >= 0.3 is 0 Å². The van der Waals surface area contributed by atoms with E-state index in [2.05, 4.69) is 22.0 Å². The van der Waals surface area contributed by atoms with Gasteiger partial charge in [0, 0.05) is 26.2 Å².